The summed E-state index contributed by atoms with van der Waals surface area (Å²) in [7, 11) is -1.22. The smallest absolute Gasteiger partial charge is 0.167 e. The third-order valence-electron chi connectivity index (χ3n) is 4.92. The predicted octanol–water partition coefficient (Wildman–Crippen LogP) is 1.15. The first-order valence-corrected chi connectivity index (χ1v) is 11.5. The van der Waals surface area contributed by atoms with Crippen molar-refractivity contribution in [2.45, 2.75) is 62.9 Å². The number of aromatic nitrogens is 4. The fourth-order valence-corrected chi connectivity index (χ4v) is 5.24. The van der Waals surface area contributed by atoms with E-state index in [1.807, 2.05) is 25.3 Å². The highest BCUT2D eigenvalue weighted by Crippen LogP contribution is 2.46. The molecule has 0 spiro atoms. The van der Waals surface area contributed by atoms with Gasteiger partial charge >= 0.3 is 0 Å². The number of aliphatic hydroxyl groups excluding tert-OH is 1. The number of nitrogens with zero attached hydrogens (tertiary/aromatic N) is 5. The molecule has 0 amide bonds. The van der Waals surface area contributed by atoms with Crippen molar-refractivity contribution < 1.29 is 19.8 Å². The van der Waals surface area contributed by atoms with E-state index in [9.17, 15) is 10.3 Å². The first-order chi connectivity index (χ1) is 13.1. The van der Waals surface area contributed by atoms with Crippen LogP contribution in [-0.2, 0) is 14.8 Å². The van der Waals surface area contributed by atoms with Gasteiger partial charge in [0.2, 0.25) is 0 Å². The molecule has 1 aliphatic rings. The highest BCUT2D eigenvalue weighted by molar-refractivity contribution is 6.58. The molecule has 0 aliphatic carbocycles. The molecule has 153 valence electrons. The minimum atomic E-state index is -1.31. The van der Waals surface area contributed by atoms with Gasteiger partial charge in [-0.3, -0.25) is 4.57 Å². The third-order valence-corrected chi connectivity index (χ3v) is 7.03. The van der Waals surface area contributed by atoms with Crippen LogP contribution in [0.2, 0.25) is 13.1 Å². The van der Waals surface area contributed by atoms with E-state index in [1.165, 1.54) is 12.5 Å². The molecular weight excluding hydrogens is 380 g/mol. The minimum Gasteiger partial charge on any atom is -0.411 e. The molecule has 1 aliphatic heterocycles. The van der Waals surface area contributed by atoms with E-state index >= 15 is 0 Å². The van der Waals surface area contributed by atoms with Crippen LogP contribution in [0.5, 0.6) is 0 Å². The van der Waals surface area contributed by atoms with Crippen molar-refractivity contribution in [1.82, 2.24) is 19.5 Å². The number of anilines is 1. The SMILES string of the molecule is C[Si](C)[C@]1(n2cnc3c(N)ncnc32)C[C@H](OC(C)(C)C)[C@@](C=NO)(CO)O1. The molecule has 3 rings (SSSR count). The molecule has 1 saturated heterocycles. The molecule has 0 aromatic carbocycles. The van der Waals surface area contributed by atoms with Crippen LogP contribution in [0.25, 0.3) is 11.2 Å². The van der Waals surface area contributed by atoms with Crippen LogP contribution in [0.3, 0.4) is 0 Å². The third kappa shape index (κ3) is 3.28. The number of nitrogens with two attached hydrogens (primary N) is 1. The average molecular weight is 408 g/mol. The van der Waals surface area contributed by atoms with E-state index in [1.54, 1.807) is 6.33 Å². The molecule has 2 aromatic heterocycles. The normalized spacial score (nSPS) is 28.8. The number of ether oxygens (including phenoxy) is 2. The lowest BCUT2D eigenvalue weighted by molar-refractivity contribution is -0.140. The van der Waals surface area contributed by atoms with Gasteiger partial charge in [0.25, 0.3) is 0 Å². The Morgan fingerprint density at radius 1 is 1.43 bits per heavy atom. The maximum absolute atomic E-state index is 10.2. The summed E-state index contributed by atoms with van der Waals surface area (Å²) in [5.41, 5.74) is 5.18. The summed E-state index contributed by atoms with van der Waals surface area (Å²) >= 11 is 0. The molecule has 3 atom stereocenters. The van der Waals surface area contributed by atoms with Gasteiger partial charge in [0.05, 0.1) is 30.9 Å². The molecule has 0 bridgehead atoms. The molecule has 0 saturated carbocycles. The summed E-state index contributed by atoms with van der Waals surface area (Å²) in [6.07, 6.45) is 4.09. The predicted molar refractivity (Wildman–Crippen MR) is 106 cm³/mol. The van der Waals surface area contributed by atoms with Crippen molar-refractivity contribution >= 4 is 32.0 Å². The van der Waals surface area contributed by atoms with E-state index in [2.05, 4.69) is 33.2 Å². The molecule has 4 N–H and O–H groups in total. The van der Waals surface area contributed by atoms with Crippen LogP contribution in [0.1, 0.15) is 27.2 Å². The summed E-state index contributed by atoms with van der Waals surface area (Å²) in [6.45, 7) is 9.57. The van der Waals surface area contributed by atoms with Crippen molar-refractivity contribution in [2.24, 2.45) is 5.16 Å². The number of imidazole rings is 1. The number of hydrogen-bond acceptors (Lipinski definition) is 9. The lowest BCUT2D eigenvalue weighted by atomic mass is 9.97. The number of rotatable bonds is 5. The summed E-state index contributed by atoms with van der Waals surface area (Å²) in [5, 5.41) is 21.8. The zero-order valence-corrected chi connectivity index (χ0v) is 17.7. The van der Waals surface area contributed by atoms with Crippen molar-refractivity contribution in [3.63, 3.8) is 0 Å². The Kier molecular flexibility index (Phi) is 5.21. The van der Waals surface area contributed by atoms with Crippen LogP contribution < -0.4 is 5.73 Å². The minimum absolute atomic E-state index is 0.283. The Bertz CT molecular complexity index is 882. The van der Waals surface area contributed by atoms with E-state index < -0.39 is 38.1 Å². The maximum Gasteiger partial charge on any atom is 0.167 e. The van der Waals surface area contributed by atoms with Crippen LogP contribution in [0, 0.1) is 0 Å². The van der Waals surface area contributed by atoms with Gasteiger partial charge in [-0.25, -0.2) is 15.0 Å². The largest absolute Gasteiger partial charge is 0.411 e. The van der Waals surface area contributed by atoms with Crippen LogP contribution >= 0.6 is 0 Å². The summed E-state index contributed by atoms with van der Waals surface area (Å²) in [4.78, 5) is 12.7. The Balaban J connectivity index is 2.18. The molecule has 1 radical (unpaired) electrons. The molecule has 3 heterocycles. The molecule has 2 aromatic rings. The Morgan fingerprint density at radius 3 is 2.71 bits per heavy atom. The highest BCUT2D eigenvalue weighted by Gasteiger charge is 2.60. The fraction of sp³-hybridized carbons (Fsp3) is 0.647. The Morgan fingerprint density at radius 2 is 2.14 bits per heavy atom. The Labute approximate surface area is 165 Å². The summed E-state index contributed by atoms with van der Waals surface area (Å²) in [5.74, 6) is 0.283. The van der Waals surface area contributed by atoms with Gasteiger partial charge in [-0.1, -0.05) is 18.2 Å². The molecule has 0 unspecified atom stereocenters. The first kappa shape index (κ1) is 20.6. The number of aliphatic hydroxyl groups is 1. The second kappa shape index (κ2) is 7.06. The number of nitrogen functional groups attached to an aromatic ring is 1. The van der Waals surface area contributed by atoms with Crippen LogP contribution in [0.4, 0.5) is 5.82 Å². The quantitative estimate of drug-likeness (QED) is 0.290. The van der Waals surface area contributed by atoms with E-state index in [0.29, 0.717) is 17.6 Å². The van der Waals surface area contributed by atoms with Gasteiger partial charge in [0, 0.05) is 6.42 Å². The zero-order chi connectivity index (χ0) is 20.7. The van der Waals surface area contributed by atoms with Crippen molar-refractivity contribution in [1.29, 1.82) is 0 Å². The van der Waals surface area contributed by atoms with Gasteiger partial charge < -0.3 is 25.5 Å². The lowest BCUT2D eigenvalue weighted by Gasteiger charge is -2.36. The average Bonchev–Trinajstić information content (AvgIpc) is 3.16. The van der Waals surface area contributed by atoms with Gasteiger partial charge in [-0.15, -0.1) is 0 Å². The second-order valence-electron chi connectivity index (χ2n) is 8.21. The summed E-state index contributed by atoms with van der Waals surface area (Å²) in [6, 6.07) is 0. The standard InChI is InChI=1S/C17H27N6O4Si/c1-15(2,3)26-11-6-17(28(4)5,27-16(11,8-24)7-22-25)23-10-21-12-13(18)19-9-20-14(12)23/h7,9-11,24-25H,6,8H2,1-5H3,(H2,18,19,20)/t11-,16+,17-/m0/s1. The zero-order valence-electron chi connectivity index (χ0n) is 16.7. The molecular formula is C17H27N6O4Si. The molecule has 10 nitrogen and oxygen atoms in total. The van der Waals surface area contributed by atoms with Gasteiger partial charge in [-0.05, 0) is 20.8 Å². The molecule has 11 heteroatoms. The number of fused-ring (bicyclic) bond motifs is 1. The molecule has 28 heavy (non-hydrogen) atoms. The van der Waals surface area contributed by atoms with E-state index in [0.717, 1.165) is 0 Å². The number of hydrogen-bond donors (Lipinski definition) is 3. The number of oxime groups is 1. The summed E-state index contributed by atoms with van der Waals surface area (Å²) < 4.78 is 14.6. The maximum atomic E-state index is 10.2. The lowest BCUT2D eigenvalue weighted by Crippen LogP contribution is -2.51. The van der Waals surface area contributed by atoms with Crippen molar-refractivity contribution in [3.05, 3.63) is 12.7 Å². The topological polar surface area (TPSA) is 141 Å². The monoisotopic (exact) mass is 407 g/mol. The van der Waals surface area contributed by atoms with E-state index in [4.69, 9.17) is 15.2 Å². The van der Waals surface area contributed by atoms with Gasteiger partial charge in [-0.2, -0.15) is 0 Å². The fourth-order valence-electron chi connectivity index (χ4n) is 3.61. The highest BCUT2D eigenvalue weighted by atomic mass is 28.3. The van der Waals surface area contributed by atoms with Crippen molar-refractivity contribution in [3.8, 4) is 0 Å². The first-order valence-electron chi connectivity index (χ1n) is 9.00. The van der Waals surface area contributed by atoms with Gasteiger partial charge in [0.1, 0.15) is 26.0 Å². The molecule has 1 fully saturated rings. The van der Waals surface area contributed by atoms with Crippen LogP contribution in [0.15, 0.2) is 17.8 Å². The van der Waals surface area contributed by atoms with Gasteiger partial charge in [0.15, 0.2) is 17.1 Å². The van der Waals surface area contributed by atoms with Crippen molar-refractivity contribution in [2.75, 3.05) is 12.3 Å². The Hall–Kier alpha value is -2.08. The van der Waals surface area contributed by atoms with E-state index in [-0.39, 0.29) is 5.82 Å². The van der Waals surface area contributed by atoms with Crippen LogP contribution in [-0.4, -0.2) is 68.8 Å². The second-order valence-corrected chi connectivity index (χ2v) is 11.0.